The number of carbonyl (C=O) groups is 8. The summed E-state index contributed by atoms with van der Waals surface area (Å²) >= 11 is 0. The summed E-state index contributed by atoms with van der Waals surface area (Å²) in [7, 11) is 0. The molecular formula is C42H28N2O12. The fourth-order valence-corrected chi connectivity index (χ4v) is 6.64. The van der Waals surface area contributed by atoms with Gasteiger partial charge < -0.3 is 19.7 Å². The van der Waals surface area contributed by atoms with Gasteiger partial charge in [0.1, 0.15) is 0 Å². The van der Waals surface area contributed by atoms with Crippen LogP contribution in [0.2, 0.25) is 0 Å². The number of aromatic carboxylic acids is 2. The predicted molar refractivity (Wildman–Crippen MR) is 198 cm³/mol. The summed E-state index contributed by atoms with van der Waals surface area (Å²) in [6.07, 6.45) is 0. The van der Waals surface area contributed by atoms with Crippen molar-refractivity contribution in [2.75, 3.05) is 23.0 Å². The standard InChI is InChI=1S/C42H28N2O12/c1-3-55-41(53)33-19-23(7-15-29(33)39(49)50)21-5-13-27-31(17-21)37(47)43(35(27)45)25-9-11-26(12-10-25)44-36(46)28-14-6-22(18-32(28)38(44)48)24-8-16-30(40(51)52)34(20-24)42(54)56-4-2/h5-20H,3-4H2,1-2H3,(H,49,50)(H,51,52). The summed E-state index contributed by atoms with van der Waals surface area (Å²) in [5.74, 6) is -6.82. The lowest BCUT2D eigenvalue weighted by Gasteiger charge is -2.17. The molecule has 14 nitrogen and oxygen atoms in total. The maximum Gasteiger partial charge on any atom is 0.339 e. The van der Waals surface area contributed by atoms with Crippen molar-refractivity contribution in [3.63, 3.8) is 0 Å². The van der Waals surface area contributed by atoms with E-state index in [2.05, 4.69) is 0 Å². The number of hydrogen-bond donors (Lipinski definition) is 2. The molecule has 2 N–H and O–H groups in total. The molecule has 5 aromatic rings. The zero-order valence-electron chi connectivity index (χ0n) is 29.5. The molecule has 0 aromatic heterocycles. The number of rotatable bonds is 10. The number of carbonyl (C=O) groups excluding carboxylic acids is 6. The fourth-order valence-electron chi connectivity index (χ4n) is 6.64. The van der Waals surface area contributed by atoms with E-state index in [1.165, 1.54) is 84.9 Å². The lowest BCUT2D eigenvalue weighted by Crippen LogP contribution is -2.30. The van der Waals surface area contributed by atoms with Crippen molar-refractivity contribution >= 4 is 58.9 Å². The molecule has 4 amide bonds. The van der Waals surface area contributed by atoms with Crippen LogP contribution in [0.5, 0.6) is 0 Å². The number of ether oxygens (including phenoxy) is 2. The van der Waals surface area contributed by atoms with Crippen LogP contribution in [-0.4, -0.2) is 70.9 Å². The van der Waals surface area contributed by atoms with Crippen molar-refractivity contribution in [2.24, 2.45) is 0 Å². The Kier molecular flexibility index (Phi) is 9.31. The van der Waals surface area contributed by atoms with Crippen LogP contribution in [0.1, 0.15) is 96.7 Å². The molecule has 0 aliphatic carbocycles. The molecule has 0 saturated carbocycles. The van der Waals surface area contributed by atoms with Gasteiger partial charge in [-0.15, -0.1) is 0 Å². The Morgan fingerprint density at radius 2 is 0.768 bits per heavy atom. The molecule has 0 atom stereocenters. The number of benzene rings is 5. The van der Waals surface area contributed by atoms with E-state index in [1.807, 2.05) is 0 Å². The highest BCUT2D eigenvalue weighted by molar-refractivity contribution is 6.36. The lowest BCUT2D eigenvalue weighted by atomic mass is 9.96. The van der Waals surface area contributed by atoms with Gasteiger partial charge in [-0.25, -0.2) is 29.0 Å². The molecule has 0 bridgehead atoms. The second kappa shape index (κ2) is 14.2. The Bertz CT molecular complexity index is 2410. The number of esters is 2. The van der Waals surface area contributed by atoms with Gasteiger partial charge in [0.05, 0.1) is 69.1 Å². The minimum absolute atomic E-state index is 0.0310. The number of hydrogen-bond acceptors (Lipinski definition) is 10. The summed E-state index contributed by atoms with van der Waals surface area (Å²) in [6, 6.07) is 22.9. The first kappa shape index (κ1) is 36.6. The number of fused-ring (bicyclic) bond motifs is 2. The number of carboxylic acid groups (broad SMARTS) is 2. The third-order valence-electron chi connectivity index (χ3n) is 9.30. The molecule has 2 aliphatic heterocycles. The monoisotopic (exact) mass is 752 g/mol. The van der Waals surface area contributed by atoms with E-state index in [0.29, 0.717) is 22.3 Å². The summed E-state index contributed by atoms with van der Waals surface area (Å²) in [6.45, 7) is 3.24. The molecule has 5 aromatic carbocycles. The van der Waals surface area contributed by atoms with E-state index in [9.17, 15) is 48.6 Å². The van der Waals surface area contributed by atoms with E-state index in [0.717, 1.165) is 9.80 Å². The second-order valence-electron chi connectivity index (χ2n) is 12.5. The molecule has 2 aliphatic rings. The van der Waals surface area contributed by atoms with Gasteiger partial charge in [-0.1, -0.05) is 24.3 Å². The first-order valence-electron chi connectivity index (χ1n) is 17.1. The Balaban J connectivity index is 1.13. The van der Waals surface area contributed by atoms with Crippen LogP contribution in [0.4, 0.5) is 11.4 Å². The van der Waals surface area contributed by atoms with E-state index >= 15 is 0 Å². The van der Waals surface area contributed by atoms with Crippen molar-refractivity contribution in [1.82, 2.24) is 0 Å². The van der Waals surface area contributed by atoms with Gasteiger partial charge in [0.15, 0.2) is 0 Å². The summed E-state index contributed by atoms with van der Waals surface area (Å²) < 4.78 is 10.0. The quantitative estimate of drug-likeness (QED) is 0.118. The van der Waals surface area contributed by atoms with Crippen LogP contribution in [0, 0.1) is 0 Å². The van der Waals surface area contributed by atoms with Gasteiger partial charge in [-0.2, -0.15) is 0 Å². The van der Waals surface area contributed by atoms with E-state index in [1.54, 1.807) is 26.0 Å². The molecule has 0 unspecified atom stereocenters. The molecule has 7 rings (SSSR count). The third kappa shape index (κ3) is 6.14. The summed E-state index contributed by atoms with van der Waals surface area (Å²) in [5.41, 5.74) is 1.54. The number of carboxylic acids is 2. The van der Waals surface area contributed by atoms with Crippen molar-refractivity contribution in [2.45, 2.75) is 13.8 Å². The van der Waals surface area contributed by atoms with Crippen molar-refractivity contribution in [1.29, 1.82) is 0 Å². The molecule has 56 heavy (non-hydrogen) atoms. The Hall–Kier alpha value is -7.74. The first-order chi connectivity index (χ1) is 26.8. The van der Waals surface area contributed by atoms with Crippen molar-refractivity contribution < 1.29 is 58.0 Å². The summed E-state index contributed by atoms with van der Waals surface area (Å²) in [4.78, 5) is 105. The Morgan fingerprint density at radius 1 is 0.446 bits per heavy atom. The molecular weight excluding hydrogens is 724 g/mol. The normalized spacial score (nSPS) is 13.1. The number of imide groups is 2. The molecule has 278 valence electrons. The van der Waals surface area contributed by atoms with Crippen LogP contribution in [0.15, 0.2) is 97.1 Å². The van der Waals surface area contributed by atoms with Crippen molar-refractivity contribution in [3.05, 3.63) is 142 Å². The molecule has 14 heteroatoms. The minimum atomic E-state index is -1.32. The fraction of sp³-hybridized carbons (Fsp3) is 0.0952. The van der Waals surface area contributed by atoms with Gasteiger partial charge in [0, 0.05) is 0 Å². The van der Waals surface area contributed by atoms with Crippen LogP contribution < -0.4 is 9.80 Å². The van der Waals surface area contributed by atoms with Crippen LogP contribution >= 0.6 is 0 Å². The largest absolute Gasteiger partial charge is 0.478 e. The van der Waals surface area contributed by atoms with Crippen LogP contribution in [-0.2, 0) is 9.47 Å². The summed E-state index contributed by atoms with van der Waals surface area (Å²) in [5, 5.41) is 19.1. The maximum atomic E-state index is 13.7. The minimum Gasteiger partial charge on any atom is -0.478 e. The van der Waals surface area contributed by atoms with Crippen LogP contribution in [0.25, 0.3) is 22.3 Å². The second-order valence-corrected chi connectivity index (χ2v) is 12.5. The smallest absolute Gasteiger partial charge is 0.339 e. The average molecular weight is 753 g/mol. The van der Waals surface area contributed by atoms with Crippen molar-refractivity contribution in [3.8, 4) is 22.3 Å². The average Bonchev–Trinajstić information content (AvgIpc) is 3.60. The molecule has 0 saturated heterocycles. The number of anilines is 2. The number of amides is 4. The lowest BCUT2D eigenvalue weighted by molar-refractivity contribution is 0.0509. The molecule has 0 fully saturated rings. The maximum absolute atomic E-state index is 13.7. The van der Waals surface area contributed by atoms with Gasteiger partial charge in [-0.3, -0.25) is 19.2 Å². The SMILES string of the molecule is CCOC(=O)c1cc(-c2ccc3c(c2)C(=O)N(c2ccc(N4C(=O)c5ccc(-c6ccc(C(=O)O)c(C(=O)OCC)c6)cc5C4=O)cc2)C3=O)ccc1C(=O)O. The highest BCUT2D eigenvalue weighted by Gasteiger charge is 2.39. The van der Waals surface area contributed by atoms with Gasteiger partial charge >= 0.3 is 23.9 Å². The molecule has 0 radical (unpaired) electrons. The van der Waals surface area contributed by atoms with Crippen LogP contribution in [0.3, 0.4) is 0 Å². The Labute approximate surface area is 317 Å². The zero-order chi connectivity index (χ0) is 40.0. The highest BCUT2D eigenvalue weighted by atomic mass is 16.5. The van der Waals surface area contributed by atoms with E-state index < -0.39 is 47.5 Å². The van der Waals surface area contributed by atoms with Gasteiger partial charge in [0.25, 0.3) is 23.6 Å². The third-order valence-corrected chi connectivity index (χ3v) is 9.30. The van der Waals surface area contributed by atoms with E-state index in [4.69, 9.17) is 9.47 Å². The molecule has 2 heterocycles. The Morgan fingerprint density at radius 3 is 1.11 bits per heavy atom. The first-order valence-corrected chi connectivity index (χ1v) is 17.1. The number of nitrogens with zero attached hydrogens (tertiary/aromatic N) is 2. The topological polar surface area (TPSA) is 202 Å². The van der Waals surface area contributed by atoms with Gasteiger partial charge in [0.2, 0.25) is 0 Å². The molecule has 0 spiro atoms. The van der Waals surface area contributed by atoms with E-state index in [-0.39, 0.29) is 69.1 Å². The highest BCUT2D eigenvalue weighted by Crippen LogP contribution is 2.36. The zero-order valence-corrected chi connectivity index (χ0v) is 29.5. The van der Waals surface area contributed by atoms with Gasteiger partial charge in [-0.05, 0) is 109 Å². The predicted octanol–water partition coefficient (Wildman–Crippen LogP) is 6.37.